The molecule has 2 unspecified atom stereocenters. The molecule has 2 aliphatic rings. The number of ether oxygens (including phenoxy) is 3. The molecule has 0 fully saturated rings. The monoisotopic (exact) mass is 696 g/mol. The van der Waals surface area contributed by atoms with E-state index in [1.807, 2.05) is 23.1 Å². The van der Waals surface area contributed by atoms with E-state index in [2.05, 4.69) is 113 Å². The Kier molecular flexibility index (Phi) is 13.1. The molecule has 3 N–H and O–H groups in total. The van der Waals surface area contributed by atoms with Crippen LogP contribution in [0.25, 0.3) is 11.4 Å². The Balaban J connectivity index is 0.000000272. The van der Waals surface area contributed by atoms with Gasteiger partial charge in [-0.15, -0.1) is 0 Å². The molecule has 222 valence electrons. The number of aliphatic hydroxyl groups is 1. The van der Waals surface area contributed by atoms with E-state index in [1.165, 1.54) is 22.8 Å². The molecule has 4 heterocycles. The number of halogens is 1. The van der Waals surface area contributed by atoms with Gasteiger partial charge in [0.05, 0.1) is 11.4 Å². The van der Waals surface area contributed by atoms with Crippen molar-refractivity contribution in [2.75, 3.05) is 49.0 Å². The van der Waals surface area contributed by atoms with Gasteiger partial charge in [-0.25, -0.2) is 0 Å². The van der Waals surface area contributed by atoms with Crippen LogP contribution in [0.4, 0.5) is 11.4 Å². The van der Waals surface area contributed by atoms with Crippen molar-refractivity contribution >= 4 is 34.0 Å². The van der Waals surface area contributed by atoms with Gasteiger partial charge in [-0.3, -0.25) is 0 Å². The van der Waals surface area contributed by atoms with Gasteiger partial charge in [-0.2, -0.15) is 0 Å². The Morgan fingerprint density at radius 1 is 0.738 bits per heavy atom. The minimum absolute atomic E-state index is 0. The van der Waals surface area contributed by atoms with Crippen LogP contribution in [0.1, 0.15) is 24.2 Å². The molecule has 2 aromatic carbocycles. The zero-order valence-corrected chi connectivity index (χ0v) is 29.9. The van der Waals surface area contributed by atoms with Crippen molar-refractivity contribution in [2.45, 2.75) is 39.9 Å². The average Bonchev–Trinajstić information content (AvgIpc) is 3.33. The number of benzene rings is 2. The number of rotatable bonds is 3. The van der Waals surface area contributed by atoms with E-state index >= 15 is 0 Å². The summed E-state index contributed by atoms with van der Waals surface area (Å²) < 4.78 is 21.1. The third-order valence-electron chi connectivity index (χ3n) is 7.22. The van der Waals surface area contributed by atoms with Crippen molar-refractivity contribution in [3.63, 3.8) is 0 Å². The van der Waals surface area contributed by atoms with Crippen LogP contribution < -0.4 is 49.7 Å². The molecular weight excluding hydrogens is 654 g/mol. The number of aromatic nitrogens is 2. The van der Waals surface area contributed by atoms with Gasteiger partial charge >= 0.3 is 29.6 Å². The molecule has 2 aliphatic heterocycles. The zero-order valence-electron chi connectivity index (χ0n) is 26.7. The number of fused-ring (bicyclic) bond motifs is 2. The summed E-state index contributed by atoms with van der Waals surface area (Å²) >= 11 is 2.15. The first kappa shape index (κ1) is 34.3. The Hall–Kier alpha value is -2.15. The molecule has 42 heavy (non-hydrogen) atoms. The van der Waals surface area contributed by atoms with Gasteiger partial charge in [0, 0.05) is 54.3 Å². The molecule has 0 amide bonds. The summed E-state index contributed by atoms with van der Waals surface area (Å²) in [7, 11) is 1.71. The first-order chi connectivity index (χ1) is 19.8. The van der Waals surface area contributed by atoms with Crippen LogP contribution in [-0.2, 0) is 4.74 Å². The molecule has 0 saturated carbocycles. The minimum Gasteiger partial charge on any atom is -1.00 e. The second-order valence-electron chi connectivity index (χ2n) is 10.2. The van der Waals surface area contributed by atoms with E-state index < -0.39 is 6.10 Å². The minimum atomic E-state index is -0.467. The van der Waals surface area contributed by atoms with Gasteiger partial charge in [0.2, 0.25) is 0 Å². The van der Waals surface area contributed by atoms with E-state index in [-0.39, 0.29) is 37.1 Å². The van der Waals surface area contributed by atoms with Crippen LogP contribution in [0.15, 0.2) is 60.7 Å². The fraction of sp³-hybridized carbons (Fsp3) is 0.375. The van der Waals surface area contributed by atoms with Gasteiger partial charge < -0.3 is 40.5 Å². The summed E-state index contributed by atoms with van der Waals surface area (Å²) in [6.45, 7) is 10.6. The van der Waals surface area contributed by atoms with Crippen molar-refractivity contribution in [3.05, 3.63) is 83.4 Å². The summed E-state index contributed by atoms with van der Waals surface area (Å²) in [4.78, 5) is 1.97. The first-order valence-corrected chi connectivity index (χ1v) is 15.9. The van der Waals surface area contributed by atoms with E-state index in [0.717, 1.165) is 40.8 Å². The van der Waals surface area contributed by atoms with Crippen molar-refractivity contribution in [3.8, 4) is 22.9 Å². The van der Waals surface area contributed by atoms with Gasteiger partial charge in [0.15, 0.2) is 0 Å². The average molecular weight is 697 g/mol. The third kappa shape index (κ3) is 8.06. The summed E-state index contributed by atoms with van der Waals surface area (Å²) in [5.74, 6) is 1.68. The standard InChI is InChI=1S/C16H20N2O2.C15H18N2O2.CH3I.Na.H/c1-11-4-5-12(2)18(11)13-6-7-16-15(8-13)17-9-14(19-3)10-20-16;1-10-3-4-11(2)17(10)12-5-6-15-14(7-12)16-8-13(18)9-19-15;1-2;;/h4-8,14,17H,9-10H2,1-3H3;3-7,13,16,18H,8-9H2,1-2H3;1H3;;/q;;;+1;-1. The number of β-amino-alcohol motifs (C(OH)–C–C–N with tert-alkyl or cyclic N) is 1. The van der Waals surface area contributed by atoms with Gasteiger partial charge in [0.25, 0.3) is 0 Å². The molecule has 6 rings (SSSR count). The number of methoxy groups -OCH3 is 1. The van der Waals surface area contributed by atoms with Crippen LogP contribution in [-0.4, -0.2) is 64.8 Å². The van der Waals surface area contributed by atoms with Crippen molar-refractivity contribution in [2.24, 2.45) is 0 Å². The van der Waals surface area contributed by atoms with Crippen LogP contribution in [0.2, 0.25) is 0 Å². The number of hydrogen-bond donors (Lipinski definition) is 3. The molecule has 0 saturated heterocycles. The van der Waals surface area contributed by atoms with Gasteiger partial charge in [-0.05, 0) is 93.3 Å². The number of aryl methyl sites for hydroxylation is 4. The molecule has 8 nitrogen and oxygen atoms in total. The second-order valence-corrected chi connectivity index (χ2v) is 10.2. The van der Waals surface area contributed by atoms with Gasteiger partial charge in [0.1, 0.15) is 36.9 Å². The number of alkyl halides is 1. The second kappa shape index (κ2) is 16.1. The number of aliphatic hydroxyl groups excluding tert-OH is 1. The van der Waals surface area contributed by atoms with E-state index in [0.29, 0.717) is 19.8 Å². The maximum atomic E-state index is 9.61. The molecule has 0 spiro atoms. The predicted molar refractivity (Wildman–Crippen MR) is 176 cm³/mol. The molecule has 0 radical (unpaired) electrons. The van der Waals surface area contributed by atoms with Crippen molar-refractivity contribution in [1.29, 1.82) is 0 Å². The molecular formula is C32H42IN4NaO4. The molecule has 0 bridgehead atoms. The Bertz CT molecular complexity index is 1420. The number of nitrogens with zero attached hydrogens (tertiary/aromatic N) is 2. The SMILES string of the molecule is CI.COC1CNc2cc(-n3c(C)ccc3C)ccc2OC1.Cc1ccc(C)n1-c1ccc2c(c1)NCC(O)CO2.[H-].[Na+]. The summed E-state index contributed by atoms with van der Waals surface area (Å²) in [6, 6.07) is 20.8. The smallest absolute Gasteiger partial charge is 1.00 e. The third-order valence-corrected chi connectivity index (χ3v) is 7.22. The normalized spacial score (nSPS) is 16.9. The zero-order chi connectivity index (χ0) is 29.5. The largest absolute Gasteiger partial charge is 1.00 e. The topological polar surface area (TPSA) is 81.8 Å². The molecule has 0 aliphatic carbocycles. The summed E-state index contributed by atoms with van der Waals surface area (Å²) in [5, 5.41) is 16.2. The van der Waals surface area contributed by atoms with Crippen molar-refractivity contribution < 1.29 is 50.3 Å². The number of hydrogen-bond acceptors (Lipinski definition) is 6. The van der Waals surface area contributed by atoms with E-state index in [9.17, 15) is 5.11 Å². The maximum absolute atomic E-state index is 9.61. The molecule has 2 atom stereocenters. The molecule has 2 aromatic heterocycles. The maximum Gasteiger partial charge on any atom is 1.00 e. The number of nitrogens with one attached hydrogen (secondary N) is 2. The Morgan fingerprint density at radius 3 is 1.62 bits per heavy atom. The predicted octanol–water partition coefficient (Wildman–Crippen LogP) is 3.34. The molecule has 10 heteroatoms. The fourth-order valence-electron chi connectivity index (χ4n) is 5.08. The number of anilines is 2. The van der Waals surface area contributed by atoms with Crippen LogP contribution in [0.3, 0.4) is 0 Å². The Labute approximate surface area is 286 Å². The molecule has 4 aromatic rings. The fourth-order valence-corrected chi connectivity index (χ4v) is 5.08. The van der Waals surface area contributed by atoms with Crippen LogP contribution in [0, 0.1) is 27.7 Å². The quantitative estimate of drug-likeness (QED) is 0.173. The van der Waals surface area contributed by atoms with Crippen LogP contribution in [0.5, 0.6) is 11.5 Å². The Morgan fingerprint density at radius 2 is 1.17 bits per heavy atom. The van der Waals surface area contributed by atoms with Gasteiger partial charge in [-0.1, -0.05) is 22.6 Å². The van der Waals surface area contributed by atoms with Crippen molar-refractivity contribution in [1.82, 2.24) is 9.13 Å². The van der Waals surface area contributed by atoms with E-state index in [4.69, 9.17) is 14.2 Å². The van der Waals surface area contributed by atoms with Crippen LogP contribution >= 0.6 is 22.6 Å². The first-order valence-electron chi connectivity index (χ1n) is 13.7. The summed E-state index contributed by atoms with van der Waals surface area (Å²) in [6.07, 6.45) is -0.383. The van der Waals surface area contributed by atoms with E-state index in [1.54, 1.807) is 7.11 Å². The summed E-state index contributed by atoms with van der Waals surface area (Å²) in [5.41, 5.74) is 9.07.